The Bertz CT molecular complexity index is 649. The quantitative estimate of drug-likeness (QED) is 0.812. The lowest BCUT2D eigenvalue weighted by Gasteiger charge is -2.35. The molecular formula is C16H24N2O4S. The Morgan fingerprint density at radius 3 is 2.91 bits per heavy atom. The van der Waals surface area contributed by atoms with Crippen LogP contribution in [0.2, 0.25) is 0 Å². The highest BCUT2D eigenvalue weighted by Gasteiger charge is 2.43. The van der Waals surface area contributed by atoms with Crippen molar-refractivity contribution >= 4 is 10.0 Å². The van der Waals surface area contributed by atoms with E-state index in [0.717, 1.165) is 30.7 Å². The number of sulfonamides is 1. The Hall–Kier alpha value is -1.02. The highest BCUT2D eigenvalue weighted by atomic mass is 32.2. The van der Waals surface area contributed by atoms with Gasteiger partial charge in [0.1, 0.15) is 0 Å². The number of hydrogen-bond acceptors (Lipinski definition) is 5. The van der Waals surface area contributed by atoms with Crippen molar-refractivity contribution in [1.29, 1.82) is 0 Å². The van der Waals surface area contributed by atoms with Crippen LogP contribution in [0.1, 0.15) is 30.7 Å². The van der Waals surface area contributed by atoms with E-state index in [1.54, 1.807) is 4.31 Å². The first-order chi connectivity index (χ1) is 10.9. The first-order valence-corrected chi connectivity index (χ1v) is 9.91. The van der Waals surface area contributed by atoms with Gasteiger partial charge in [0.15, 0.2) is 0 Å². The van der Waals surface area contributed by atoms with Crippen LogP contribution in [0.4, 0.5) is 0 Å². The van der Waals surface area contributed by atoms with E-state index in [2.05, 4.69) is 4.98 Å². The van der Waals surface area contributed by atoms with Crippen LogP contribution in [0.25, 0.3) is 0 Å². The van der Waals surface area contributed by atoms with Crippen molar-refractivity contribution in [3.05, 3.63) is 29.6 Å². The molecule has 0 saturated carbocycles. The van der Waals surface area contributed by atoms with Gasteiger partial charge in [0.2, 0.25) is 10.0 Å². The third-order valence-corrected chi connectivity index (χ3v) is 5.82. The number of pyridine rings is 1. The van der Waals surface area contributed by atoms with Crippen LogP contribution in [0.15, 0.2) is 18.2 Å². The number of nitrogens with zero attached hydrogens (tertiary/aromatic N) is 2. The Labute approximate surface area is 137 Å². The Morgan fingerprint density at radius 2 is 2.17 bits per heavy atom. The first kappa shape index (κ1) is 16.8. The molecule has 3 heterocycles. The number of rotatable bonds is 5. The summed E-state index contributed by atoms with van der Waals surface area (Å²) in [6, 6.07) is 5.88. The average molecular weight is 340 g/mol. The second-order valence-corrected chi connectivity index (χ2v) is 8.32. The van der Waals surface area contributed by atoms with Crippen molar-refractivity contribution in [2.75, 3.05) is 19.4 Å². The largest absolute Gasteiger partial charge is 0.372 e. The van der Waals surface area contributed by atoms with Gasteiger partial charge in [-0.05, 0) is 38.3 Å². The smallest absolute Gasteiger partial charge is 0.211 e. The van der Waals surface area contributed by atoms with Gasteiger partial charge in [-0.3, -0.25) is 4.98 Å². The van der Waals surface area contributed by atoms with Gasteiger partial charge in [0, 0.05) is 12.2 Å². The number of ether oxygens (including phenoxy) is 2. The summed E-state index contributed by atoms with van der Waals surface area (Å²) in [7, 11) is -3.13. The zero-order valence-corrected chi connectivity index (χ0v) is 14.5. The van der Waals surface area contributed by atoms with E-state index < -0.39 is 10.0 Å². The molecule has 1 aromatic heterocycles. The average Bonchev–Trinajstić information content (AvgIpc) is 2.90. The summed E-state index contributed by atoms with van der Waals surface area (Å²) >= 11 is 0. The molecule has 7 heteroatoms. The minimum absolute atomic E-state index is 0.000287. The fourth-order valence-corrected chi connectivity index (χ4v) is 4.64. The Morgan fingerprint density at radius 1 is 1.35 bits per heavy atom. The zero-order valence-electron chi connectivity index (χ0n) is 13.6. The lowest BCUT2D eigenvalue weighted by Crippen LogP contribution is -2.45. The summed E-state index contributed by atoms with van der Waals surface area (Å²) in [4.78, 5) is 4.41. The highest BCUT2D eigenvalue weighted by Crippen LogP contribution is 2.33. The highest BCUT2D eigenvalue weighted by molar-refractivity contribution is 7.88. The summed E-state index contributed by atoms with van der Waals surface area (Å²) in [6.45, 7) is 3.53. The van der Waals surface area contributed by atoms with Gasteiger partial charge < -0.3 is 9.47 Å². The minimum Gasteiger partial charge on any atom is -0.372 e. The molecule has 0 aliphatic carbocycles. The minimum atomic E-state index is -3.13. The van der Waals surface area contributed by atoms with Crippen LogP contribution >= 0.6 is 0 Å². The zero-order chi connectivity index (χ0) is 16.4. The number of fused-ring (bicyclic) bond motifs is 1. The second-order valence-electron chi connectivity index (χ2n) is 6.39. The topological polar surface area (TPSA) is 68.7 Å². The predicted molar refractivity (Wildman–Crippen MR) is 86.5 cm³/mol. The summed E-state index contributed by atoms with van der Waals surface area (Å²) in [6.07, 6.45) is 3.76. The van der Waals surface area contributed by atoms with Gasteiger partial charge in [-0.2, -0.15) is 4.31 Å². The van der Waals surface area contributed by atoms with Gasteiger partial charge >= 0.3 is 0 Å². The van der Waals surface area contributed by atoms with Crippen molar-refractivity contribution in [3.8, 4) is 0 Å². The molecule has 0 aromatic carbocycles. The van der Waals surface area contributed by atoms with E-state index in [1.165, 1.54) is 6.26 Å². The van der Waals surface area contributed by atoms with Crippen molar-refractivity contribution in [2.24, 2.45) is 0 Å². The van der Waals surface area contributed by atoms with Crippen LogP contribution in [-0.4, -0.2) is 55.4 Å². The van der Waals surface area contributed by atoms with E-state index >= 15 is 0 Å². The third-order valence-electron chi connectivity index (χ3n) is 4.51. The molecule has 0 unspecified atom stereocenters. The molecule has 3 atom stereocenters. The summed E-state index contributed by atoms with van der Waals surface area (Å²) in [5.41, 5.74) is 1.90. The van der Waals surface area contributed by atoms with Crippen molar-refractivity contribution in [3.63, 3.8) is 0 Å². The first-order valence-electron chi connectivity index (χ1n) is 8.06. The third kappa shape index (κ3) is 4.09. The van der Waals surface area contributed by atoms with E-state index in [4.69, 9.17) is 9.47 Å². The van der Waals surface area contributed by atoms with Gasteiger partial charge in [-0.25, -0.2) is 8.42 Å². The van der Waals surface area contributed by atoms with Gasteiger partial charge in [-0.1, -0.05) is 6.07 Å². The standard InChI is InChI=1S/C16H24N2O4S/c1-12-4-3-5-13(17-12)10-21-11-14-6-7-15-16(22-14)8-9-18(15)23(2,19)20/h3-5,14-16H,6-11H2,1-2H3/t14-,15+,16+/m1/s1. The van der Waals surface area contributed by atoms with Crippen LogP contribution in [-0.2, 0) is 26.1 Å². The predicted octanol–water partition coefficient (Wildman–Crippen LogP) is 1.49. The summed E-state index contributed by atoms with van der Waals surface area (Å²) in [5, 5.41) is 0. The van der Waals surface area contributed by atoms with Crippen LogP contribution in [0.5, 0.6) is 0 Å². The Kier molecular flexibility index (Phi) is 5.01. The molecule has 3 rings (SSSR count). The van der Waals surface area contributed by atoms with Gasteiger partial charge in [-0.15, -0.1) is 0 Å². The lowest BCUT2D eigenvalue weighted by molar-refractivity contribution is -0.0963. The Balaban J connectivity index is 1.48. The maximum atomic E-state index is 11.8. The molecule has 0 amide bonds. The SMILES string of the molecule is Cc1cccc(COC[C@H]2CC[C@H]3[C@H](CCN3S(C)(=O)=O)O2)n1. The molecule has 0 spiro atoms. The van der Waals surface area contributed by atoms with Crippen LogP contribution in [0.3, 0.4) is 0 Å². The summed E-state index contributed by atoms with van der Waals surface area (Å²) < 4.78 is 36.9. The molecule has 23 heavy (non-hydrogen) atoms. The molecule has 2 saturated heterocycles. The molecule has 2 fully saturated rings. The van der Waals surface area contributed by atoms with E-state index in [-0.39, 0.29) is 18.2 Å². The monoisotopic (exact) mass is 340 g/mol. The molecule has 2 aliphatic heterocycles. The number of hydrogen-bond donors (Lipinski definition) is 0. The van der Waals surface area contributed by atoms with E-state index in [0.29, 0.717) is 19.8 Å². The summed E-state index contributed by atoms with van der Waals surface area (Å²) in [5.74, 6) is 0. The normalized spacial score (nSPS) is 28.7. The van der Waals surface area contributed by atoms with Crippen LogP contribution < -0.4 is 0 Å². The van der Waals surface area contributed by atoms with Gasteiger partial charge in [0.05, 0.1) is 43.4 Å². The molecule has 1 aromatic rings. The molecule has 0 N–H and O–H groups in total. The van der Waals surface area contributed by atoms with Crippen LogP contribution in [0, 0.1) is 6.92 Å². The lowest BCUT2D eigenvalue weighted by atomic mass is 10.0. The molecule has 2 aliphatic rings. The molecular weight excluding hydrogens is 316 g/mol. The maximum absolute atomic E-state index is 11.8. The number of aryl methyl sites for hydroxylation is 1. The van der Waals surface area contributed by atoms with E-state index in [9.17, 15) is 8.42 Å². The fourth-order valence-electron chi connectivity index (χ4n) is 3.47. The van der Waals surface area contributed by atoms with Crippen molar-refractivity contribution in [1.82, 2.24) is 9.29 Å². The molecule has 6 nitrogen and oxygen atoms in total. The number of aromatic nitrogens is 1. The molecule has 0 radical (unpaired) electrons. The van der Waals surface area contributed by atoms with Crippen molar-refractivity contribution in [2.45, 2.75) is 51.0 Å². The fraction of sp³-hybridized carbons (Fsp3) is 0.688. The molecule has 128 valence electrons. The maximum Gasteiger partial charge on any atom is 0.211 e. The van der Waals surface area contributed by atoms with Crippen molar-refractivity contribution < 1.29 is 17.9 Å². The second kappa shape index (κ2) is 6.84. The molecule has 0 bridgehead atoms. The van der Waals surface area contributed by atoms with E-state index in [1.807, 2.05) is 25.1 Å². The van der Waals surface area contributed by atoms with Gasteiger partial charge in [0.25, 0.3) is 0 Å².